The highest BCUT2D eigenvalue weighted by atomic mass is 16.7. The number of nitrogens with zero attached hydrogens (tertiary/aromatic N) is 1. The number of carbonyl (C=O) groups excluding carboxylic acids is 1. The second-order valence-electron chi connectivity index (χ2n) is 4.38. The summed E-state index contributed by atoms with van der Waals surface area (Å²) in [6.45, 7) is 2.40. The number of hydrogen-bond donors (Lipinski definition) is 1. The molecule has 96 valence electrons. The van der Waals surface area contributed by atoms with Crippen LogP contribution >= 0.6 is 0 Å². The van der Waals surface area contributed by atoms with Gasteiger partial charge < -0.3 is 19.5 Å². The van der Waals surface area contributed by atoms with E-state index in [0.717, 1.165) is 0 Å². The predicted octanol–water partition coefficient (Wildman–Crippen LogP) is 0.217. The molecule has 17 heavy (non-hydrogen) atoms. The van der Waals surface area contributed by atoms with Gasteiger partial charge in [0.2, 0.25) is 5.91 Å². The Morgan fingerprint density at radius 2 is 1.71 bits per heavy atom. The van der Waals surface area contributed by atoms with Gasteiger partial charge in [0.05, 0.1) is 19.6 Å². The second-order valence-corrected chi connectivity index (χ2v) is 4.38. The molecule has 2 saturated heterocycles. The highest BCUT2D eigenvalue weighted by molar-refractivity contribution is 5.80. The predicted molar refractivity (Wildman–Crippen MR) is 57.3 cm³/mol. The van der Waals surface area contributed by atoms with Crippen LogP contribution in [-0.4, -0.2) is 54.0 Å². The third-order valence-corrected chi connectivity index (χ3v) is 3.24. The Hall–Kier alpha value is -1.14. The maximum Gasteiger partial charge on any atom is 0.303 e. The normalized spacial score (nSPS) is 22.9. The molecule has 2 rings (SSSR count). The van der Waals surface area contributed by atoms with E-state index in [4.69, 9.17) is 14.6 Å². The summed E-state index contributed by atoms with van der Waals surface area (Å²) in [5.74, 6) is -1.52. The van der Waals surface area contributed by atoms with Crippen molar-refractivity contribution in [3.8, 4) is 0 Å². The van der Waals surface area contributed by atoms with Gasteiger partial charge in [-0.25, -0.2) is 0 Å². The van der Waals surface area contributed by atoms with Crippen LogP contribution in [0.2, 0.25) is 0 Å². The van der Waals surface area contributed by atoms with E-state index >= 15 is 0 Å². The number of rotatable bonds is 3. The van der Waals surface area contributed by atoms with Crippen molar-refractivity contribution >= 4 is 11.9 Å². The van der Waals surface area contributed by atoms with E-state index in [2.05, 4.69) is 0 Å². The fourth-order valence-corrected chi connectivity index (χ4v) is 2.25. The highest BCUT2D eigenvalue weighted by Crippen LogP contribution is 2.31. The van der Waals surface area contributed by atoms with Gasteiger partial charge in [-0.15, -0.1) is 0 Å². The Kier molecular flexibility index (Phi) is 3.63. The molecule has 6 nitrogen and oxygen atoms in total. The number of carbonyl (C=O) groups is 2. The van der Waals surface area contributed by atoms with Gasteiger partial charge >= 0.3 is 5.97 Å². The van der Waals surface area contributed by atoms with Gasteiger partial charge in [0.1, 0.15) is 0 Å². The zero-order valence-corrected chi connectivity index (χ0v) is 9.68. The van der Waals surface area contributed by atoms with Crippen LogP contribution in [0.25, 0.3) is 0 Å². The zero-order valence-electron chi connectivity index (χ0n) is 9.68. The van der Waals surface area contributed by atoms with Crippen LogP contribution in [0.15, 0.2) is 0 Å². The van der Waals surface area contributed by atoms with Gasteiger partial charge in [0, 0.05) is 32.4 Å². The van der Waals surface area contributed by atoms with Gasteiger partial charge in [-0.3, -0.25) is 9.59 Å². The first kappa shape index (κ1) is 12.3. The van der Waals surface area contributed by atoms with Crippen LogP contribution < -0.4 is 0 Å². The summed E-state index contributed by atoms with van der Waals surface area (Å²) in [6, 6.07) is 0. The number of carboxylic acids is 1. The summed E-state index contributed by atoms with van der Waals surface area (Å²) in [6.07, 6.45) is 1.31. The van der Waals surface area contributed by atoms with Crippen molar-refractivity contribution in [2.75, 3.05) is 26.3 Å². The smallest absolute Gasteiger partial charge is 0.303 e. The van der Waals surface area contributed by atoms with Crippen LogP contribution in [-0.2, 0) is 19.1 Å². The molecular formula is C11H17NO5. The lowest BCUT2D eigenvalue weighted by Gasteiger charge is -2.37. The SMILES string of the molecule is O=C(O)CCC(=O)N1CCC2(CC1)OCCO2. The molecule has 0 aliphatic carbocycles. The van der Waals surface area contributed by atoms with Crippen LogP contribution in [0.4, 0.5) is 0 Å². The molecule has 2 aliphatic heterocycles. The van der Waals surface area contributed by atoms with Crippen molar-refractivity contribution in [2.45, 2.75) is 31.5 Å². The number of amides is 1. The summed E-state index contributed by atoms with van der Waals surface area (Å²) in [4.78, 5) is 23.8. The van der Waals surface area contributed by atoms with Crippen molar-refractivity contribution in [1.29, 1.82) is 0 Å². The molecule has 0 bridgehead atoms. The Morgan fingerprint density at radius 3 is 2.24 bits per heavy atom. The van der Waals surface area contributed by atoms with E-state index in [0.29, 0.717) is 39.1 Å². The molecule has 0 radical (unpaired) electrons. The monoisotopic (exact) mass is 243 g/mol. The van der Waals surface area contributed by atoms with Crippen molar-refractivity contribution in [2.24, 2.45) is 0 Å². The number of ether oxygens (including phenoxy) is 2. The van der Waals surface area contributed by atoms with E-state index in [1.807, 2.05) is 0 Å². The van der Waals surface area contributed by atoms with Crippen molar-refractivity contribution in [3.05, 3.63) is 0 Å². The number of hydrogen-bond acceptors (Lipinski definition) is 4. The summed E-state index contributed by atoms with van der Waals surface area (Å²) in [7, 11) is 0. The van der Waals surface area contributed by atoms with E-state index in [1.54, 1.807) is 4.90 Å². The molecule has 0 saturated carbocycles. The Labute approximate surface area is 99.5 Å². The molecule has 6 heteroatoms. The topological polar surface area (TPSA) is 76.1 Å². The van der Waals surface area contributed by atoms with Crippen LogP contribution in [0.1, 0.15) is 25.7 Å². The summed E-state index contributed by atoms with van der Waals surface area (Å²) in [5, 5.41) is 8.52. The van der Waals surface area contributed by atoms with Gasteiger partial charge in [0.25, 0.3) is 0 Å². The highest BCUT2D eigenvalue weighted by Gasteiger charge is 2.40. The van der Waals surface area contributed by atoms with E-state index in [1.165, 1.54) is 0 Å². The molecule has 1 spiro atoms. The molecule has 2 fully saturated rings. The molecule has 0 aromatic rings. The van der Waals surface area contributed by atoms with E-state index in [-0.39, 0.29) is 18.7 Å². The fourth-order valence-electron chi connectivity index (χ4n) is 2.25. The number of carboxylic acid groups (broad SMARTS) is 1. The average Bonchev–Trinajstić information content (AvgIpc) is 2.75. The van der Waals surface area contributed by atoms with Gasteiger partial charge in [-0.05, 0) is 0 Å². The third kappa shape index (κ3) is 2.95. The molecule has 2 heterocycles. The zero-order chi connectivity index (χ0) is 12.3. The van der Waals surface area contributed by atoms with Gasteiger partial charge in [-0.2, -0.15) is 0 Å². The first-order valence-electron chi connectivity index (χ1n) is 5.89. The maximum atomic E-state index is 11.7. The molecule has 1 amide bonds. The van der Waals surface area contributed by atoms with Crippen molar-refractivity contribution < 1.29 is 24.2 Å². The maximum absolute atomic E-state index is 11.7. The van der Waals surface area contributed by atoms with Crippen LogP contribution in [0.5, 0.6) is 0 Å². The average molecular weight is 243 g/mol. The summed E-state index contributed by atoms with van der Waals surface area (Å²) < 4.78 is 11.1. The van der Waals surface area contributed by atoms with Crippen molar-refractivity contribution in [1.82, 2.24) is 4.90 Å². The van der Waals surface area contributed by atoms with Gasteiger partial charge in [0.15, 0.2) is 5.79 Å². The molecule has 0 aromatic heterocycles. The lowest BCUT2D eigenvalue weighted by molar-refractivity contribution is -0.187. The lowest BCUT2D eigenvalue weighted by Crippen LogP contribution is -2.47. The Balaban J connectivity index is 1.78. The first-order valence-corrected chi connectivity index (χ1v) is 5.89. The molecule has 0 atom stereocenters. The molecular weight excluding hydrogens is 226 g/mol. The van der Waals surface area contributed by atoms with E-state index < -0.39 is 11.8 Å². The quantitative estimate of drug-likeness (QED) is 0.767. The van der Waals surface area contributed by atoms with Crippen molar-refractivity contribution in [3.63, 3.8) is 0 Å². The number of aliphatic carboxylic acids is 1. The fraction of sp³-hybridized carbons (Fsp3) is 0.818. The minimum Gasteiger partial charge on any atom is -0.481 e. The Bertz CT molecular complexity index is 301. The molecule has 2 aliphatic rings. The molecule has 0 aromatic carbocycles. The number of piperidine rings is 1. The standard InChI is InChI=1S/C11H17NO5/c13-9(1-2-10(14)15)12-5-3-11(4-6-12)16-7-8-17-11/h1-8H2,(H,14,15). The van der Waals surface area contributed by atoms with Gasteiger partial charge in [-0.1, -0.05) is 0 Å². The lowest BCUT2D eigenvalue weighted by atomic mass is 10.0. The molecule has 1 N–H and O–H groups in total. The molecule has 0 unspecified atom stereocenters. The Morgan fingerprint density at radius 1 is 1.12 bits per heavy atom. The summed E-state index contributed by atoms with van der Waals surface area (Å²) in [5.41, 5.74) is 0. The van der Waals surface area contributed by atoms with Crippen LogP contribution in [0, 0.1) is 0 Å². The first-order chi connectivity index (χ1) is 8.11. The minimum atomic E-state index is -0.936. The summed E-state index contributed by atoms with van der Waals surface area (Å²) >= 11 is 0. The largest absolute Gasteiger partial charge is 0.481 e. The van der Waals surface area contributed by atoms with Crippen LogP contribution in [0.3, 0.4) is 0 Å². The third-order valence-electron chi connectivity index (χ3n) is 3.24. The minimum absolute atomic E-state index is 0.0735. The second kappa shape index (κ2) is 5.01. The number of likely N-dealkylation sites (tertiary alicyclic amines) is 1. The van der Waals surface area contributed by atoms with E-state index in [9.17, 15) is 9.59 Å².